The minimum absolute atomic E-state index is 0.0775. The molecular weight excluding hydrogens is 278 g/mol. The number of methoxy groups -OCH3 is 1. The number of hydrogen-bond donors (Lipinski definition) is 0. The Morgan fingerprint density at radius 2 is 1.95 bits per heavy atom. The zero-order valence-corrected chi connectivity index (χ0v) is 12.4. The molecular formula is C14H18ClN3O2. The Labute approximate surface area is 123 Å². The van der Waals surface area contributed by atoms with Crippen molar-refractivity contribution < 1.29 is 9.47 Å². The van der Waals surface area contributed by atoms with Crippen molar-refractivity contribution in [2.24, 2.45) is 0 Å². The van der Waals surface area contributed by atoms with Crippen LogP contribution >= 0.6 is 11.6 Å². The normalized spacial score (nSPS) is 12.2. The van der Waals surface area contributed by atoms with Gasteiger partial charge in [-0.15, -0.1) is 16.7 Å². The van der Waals surface area contributed by atoms with Crippen LogP contribution in [0.25, 0.3) is 0 Å². The van der Waals surface area contributed by atoms with Gasteiger partial charge in [-0.1, -0.05) is 12.1 Å². The molecule has 1 unspecified atom stereocenters. The highest BCUT2D eigenvalue weighted by atomic mass is 35.5. The third kappa shape index (κ3) is 3.87. The van der Waals surface area contributed by atoms with Crippen LogP contribution in [-0.2, 0) is 6.54 Å². The molecule has 1 heterocycles. The third-order valence-electron chi connectivity index (χ3n) is 2.88. The molecule has 0 amide bonds. The molecule has 0 aliphatic carbocycles. The third-order valence-corrected chi connectivity index (χ3v) is 3.42. The molecule has 0 saturated carbocycles. The van der Waals surface area contributed by atoms with Gasteiger partial charge in [0.25, 0.3) is 0 Å². The number of nitrogens with zero attached hydrogens (tertiary/aromatic N) is 3. The smallest absolute Gasteiger partial charge is 0.119 e. The van der Waals surface area contributed by atoms with Crippen molar-refractivity contribution in [1.29, 1.82) is 0 Å². The van der Waals surface area contributed by atoms with Crippen LogP contribution in [0.5, 0.6) is 11.5 Å². The fourth-order valence-electron chi connectivity index (χ4n) is 1.70. The summed E-state index contributed by atoms with van der Waals surface area (Å²) in [5.41, 5.74) is 0.804. The van der Waals surface area contributed by atoms with E-state index >= 15 is 0 Å². The predicted molar refractivity (Wildman–Crippen MR) is 77.4 cm³/mol. The Balaban J connectivity index is 1.81. The number of rotatable bonds is 7. The van der Waals surface area contributed by atoms with Crippen LogP contribution < -0.4 is 9.47 Å². The molecule has 0 aliphatic heterocycles. The molecule has 1 aromatic carbocycles. The highest BCUT2D eigenvalue weighted by molar-refractivity contribution is 6.20. The molecule has 0 fully saturated rings. The zero-order chi connectivity index (χ0) is 14.4. The first-order valence-electron chi connectivity index (χ1n) is 6.54. The Morgan fingerprint density at radius 1 is 1.25 bits per heavy atom. The first kappa shape index (κ1) is 14.7. The van der Waals surface area contributed by atoms with Crippen LogP contribution in [0.4, 0.5) is 0 Å². The summed E-state index contributed by atoms with van der Waals surface area (Å²) in [5, 5.41) is 7.99. The lowest BCUT2D eigenvalue weighted by Gasteiger charge is -2.06. The first-order valence-corrected chi connectivity index (χ1v) is 6.97. The topological polar surface area (TPSA) is 49.2 Å². The second kappa shape index (κ2) is 7.14. The molecule has 0 saturated heterocycles. The summed E-state index contributed by atoms with van der Waals surface area (Å²) in [7, 11) is 1.64. The van der Waals surface area contributed by atoms with Gasteiger partial charge in [0.2, 0.25) is 0 Å². The van der Waals surface area contributed by atoms with Gasteiger partial charge in [0.15, 0.2) is 0 Å². The van der Waals surface area contributed by atoms with E-state index in [2.05, 4.69) is 10.3 Å². The largest absolute Gasteiger partial charge is 0.497 e. The Bertz CT molecular complexity index is 527. The van der Waals surface area contributed by atoms with Gasteiger partial charge < -0.3 is 9.47 Å². The van der Waals surface area contributed by atoms with Crippen molar-refractivity contribution >= 4 is 11.6 Å². The number of hydrogen-bond acceptors (Lipinski definition) is 4. The summed E-state index contributed by atoms with van der Waals surface area (Å²) in [4.78, 5) is 0. The van der Waals surface area contributed by atoms with Gasteiger partial charge in [-0.3, -0.25) is 0 Å². The SMILES string of the molecule is CCC(Cl)c1cn(CCOc2ccc(OC)cc2)nn1. The van der Waals surface area contributed by atoms with Crippen molar-refractivity contribution in [2.45, 2.75) is 25.3 Å². The van der Waals surface area contributed by atoms with Gasteiger partial charge in [-0.25, -0.2) is 4.68 Å². The van der Waals surface area contributed by atoms with E-state index in [4.69, 9.17) is 21.1 Å². The Hall–Kier alpha value is -1.75. The van der Waals surface area contributed by atoms with Crippen LogP contribution in [0.1, 0.15) is 24.4 Å². The van der Waals surface area contributed by atoms with Crippen molar-refractivity contribution in [3.8, 4) is 11.5 Å². The van der Waals surface area contributed by atoms with E-state index in [1.165, 1.54) is 0 Å². The summed E-state index contributed by atoms with van der Waals surface area (Å²) in [6.07, 6.45) is 2.70. The quantitative estimate of drug-likeness (QED) is 0.737. The van der Waals surface area contributed by atoms with Crippen LogP contribution in [-0.4, -0.2) is 28.7 Å². The number of benzene rings is 1. The van der Waals surface area contributed by atoms with E-state index in [1.807, 2.05) is 37.4 Å². The lowest BCUT2D eigenvalue weighted by Crippen LogP contribution is -2.08. The highest BCUT2D eigenvalue weighted by Crippen LogP contribution is 2.20. The molecule has 5 nitrogen and oxygen atoms in total. The van der Waals surface area contributed by atoms with Gasteiger partial charge in [-0.05, 0) is 30.7 Å². The Kier molecular flexibility index (Phi) is 5.24. The molecule has 0 aliphatic rings. The van der Waals surface area contributed by atoms with E-state index in [1.54, 1.807) is 11.8 Å². The molecule has 0 spiro atoms. The summed E-state index contributed by atoms with van der Waals surface area (Å²) in [6.45, 7) is 3.17. The maximum absolute atomic E-state index is 6.10. The van der Waals surface area contributed by atoms with Gasteiger partial charge in [0.05, 0.1) is 25.2 Å². The minimum atomic E-state index is -0.0775. The average molecular weight is 296 g/mol. The summed E-state index contributed by atoms with van der Waals surface area (Å²) in [5.74, 6) is 1.61. The number of ether oxygens (including phenoxy) is 2. The second-order valence-electron chi connectivity index (χ2n) is 4.31. The molecule has 1 atom stereocenters. The van der Waals surface area contributed by atoms with Crippen molar-refractivity contribution in [3.05, 3.63) is 36.2 Å². The van der Waals surface area contributed by atoms with E-state index in [0.717, 1.165) is 23.6 Å². The average Bonchev–Trinajstić information content (AvgIpc) is 2.96. The number of aromatic nitrogens is 3. The van der Waals surface area contributed by atoms with Gasteiger partial charge in [0, 0.05) is 0 Å². The van der Waals surface area contributed by atoms with Crippen LogP contribution in [0, 0.1) is 0 Å². The predicted octanol–water partition coefficient (Wildman–Crippen LogP) is 3.06. The molecule has 2 rings (SSSR count). The number of halogens is 1. The molecule has 2 aromatic rings. The summed E-state index contributed by atoms with van der Waals surface area (Å²) < 4.78 is 12.5. The fraction of sp³-hybridized carbons (Fsp3) is 0.429. The highest BCUT2D eigenvalue weighted by Gasteiger charge is 2.09. The standard InChI is InChI=1S/C14H18ClN3O2/c1-3-13(15)14-10-18(17-16-14)8-9-20-12-6-4-11(19-2)5-7-12/h4-7,10,13H,3,8-9H2,1-2H3. The lowest BCUT2D eigenvalue weighted by molar-refractivity contribution is 0.289. The zero-order valence-electron chi connectivity index (χ0n) is 11.6. The van der Waals surface area contributed by atoms with Crippen molar-refractivity contribution in [1.82, 2.24) is 15.0 Å². The maximum atomic E-state index is 6.10. The molecule has 0 radical (unpaired) electrons. The molecule has 20 heavy (non-hydrogen) atoms. The number of alkyl halides is 1. The first-order chi connectivity index (χ1) is 9.72. The molecule has 6 heteroatoms. The molecule has 0 N–H and O–H groups in total. The van der Waals surface area contributed by atoms with Crippen molar-refractivity contribution in [2.75, 3.05) is 13.7 Å². The molecule has 1 aromatic heterocycles. The minimum Gasteiger partial charge on any atom is -0.497 e. The molecule has 108 valence electrons. The second-order valence-corrected chi connectivity index (χ2v) is 4.83. The Morgan fingerprint density at radius 3 is 2.60 bits per heavy atom. The summed E-state index contributed by atoms with van der Waals surface area (Å²) in [6, 6.07) is 7.47. The van der Waals surface area contributed by atoms with E-state index < -0.39 is 0 Å². The molecule has 0 bridgehead atoms. The monoisotopic (exact) mass is 295 g/mol. The van der Waals surface area contributed by atoms with Crippen LogP contribution in [0.2, 0.25) is 0 Å². The summed E-state index contributed by atoms with van der Waals surface area (Å²) >= 11 is 6.10. The van der Waals surface area contributed by atoms with Crippen molar-refractivity contribution in [3.63, 3.8) is 0 Å². The van der Waals surface area contributed by atoms with E-state index in [9.17, 15) is 0 Å². The van der Waals surface area contributed by atoms with E-state index in [0.29, 0.717) is 13.2 Å². The fourth-order valence-corrected chi connectivity index (χ4v) is 1.80. The van der Waals surface area contributed by atoms with E-state index in [-0.39, 0.29) is 5.38 Å². The van der Waals surface area contributed by atoms with Gasteiger partial charge >= 0.3 is 0 Å². The van der Waals surface area contributed by atoms with Gasteiger partial charge in [0.1, 0.15) is 23.8 Å². The lowest BCUT2D eigenvalue weighted by atomic mass is 10.3. The van der Waals surface area contributed by atoms with Crippen LogP contribution in [0.3, 0.4) is 0 Å². The van der Waals surface area contributed by atoms with Crippen LogP contribution in [0.15, 0.2) is 30.5 Å². The maximum Gasteiger partial charge on any atom is 0.119 e. The van der Waals surface area contributed by atoms with Gasteiger partial charge in [-0.2, -0.15) is 0 Å².